The van der Waals surface area contributed by atoms with Crippen LogP contribution >= 0.6 is 11.8 Å². The molecule has 0 fully saturated rings. The van der Waals surface area contributed by atoms with E-state index >= 15 is 0 Å². The summed E-state index contributed by atoms with van der Waals surface area (Å²) in [4.78, 5) is 1.42. The van der Waals surface area contributed by atoms with Crippen molar-refractivity contribution in [2.45, 2.75) is 5.16 Å². The second-order valence-corrected chi connectivity index (χ2v) is 3.36. The first-order chi connectivity index (χ1) is 6.79. The van der Waals surface area contributed by atoms with E-state index in [2.05, 4.69) is 15.4 Å². The van der Waals surface area contributed by atoms with Gasteiger partial charge >= 0.3 is 0 Å². The summed E-state index contributed by atoms with van der Waals surface area (Å²) in [6.45, 7) is 0. The summed E-state index contributed by atoms with van der Waals surface area (Å²) >= 11 is 1.43. The van der Waals surface area contributed by atoms with Gasteiger partial charge in [0, 0.05) is 0 Å². The zero-order valence-corrected chi connectivity index (χ0v) is 8.27. The summed E-state index contributed by atoms with van der Waals surface area (Å²) in [5.74, 6) is 0.221. The predicted octanol–water partition coefficient (Wildman–Crippen LogP) is 1.09. The Balaban J connectivity index is 2.34. The maximum absolute atomic E-state index is 9.09. The van der Waals surface area contributed by atoms with Gasteiger partial charge < -0.3 is 5.11 Å². The molecule has 0 saturated heterocycles. The van der Waals surface area contributed by atoms with Gasteiger partial charge in [0.1, 0.15) is 5.75 Å². The molecule has 1 N–H and O–H groups in total. The quantitative estimate of drug-likeness (QED) is 0.748. The van der Waals surface area contributed by atoms with E-state index in [1.807, 2.05) is 6.26 Å². The van der Waals surface area contributed by atoms with Gasteiger partial charge in [0.05, 0.1) is 5.69 Å². The molecule has 14 heavy (non-hydrogen) atoms. The highest BCUT2D eigenvalue weighted by Crippen LogP contribution is 2.13. The number of phenols is 1. The van der Waals surface area contributed by atoms with Crippen molar-refractivity contribution in [1.82, 2.24) is 20.2 Å². The van der Waals surface area contributed by atoms with Crippen molar-refractivity contribution in [1.29, 1.82) is 0 Å². The van der Waals surface area contributed by atoms with Crippen LogP contribution in [-0.2, 0) is 0 Å². The Morgan fingerprint density at radius 3 is 2.57 bits per heavy atom. The molecule has 1 aromatic heterocycles. The Kier molecular flexibility index (Phi) is 2.36. The second-order valence-electron chi connectivity index (χ2n) is 2.58. The first-order valence-corrected chi connectivity index (χ1v) is 5.15. The fraction of sp³-hybridized carbons (Fsp3) is 0.125. The van der Waals surface area contributed by atoms with Crippen LogP contribution < -0.4 is 0 Å². The van der Waals surface area contributed by atoms with Crippen LogP contribution in [-0.4, -0.2) is 31.6 Å². The third kappa shape index (κ3) is 1.69. The average Bonchev–Trinajstić information content (AvgIpc) is 2.67. The van der Waals surface area contributed by atoms with Crippen molar-refractivity contribution in [2.75, 3.05) is 6.26 Å². The normalized spacial score (nSPS) is 10.4. The van der Waals surface area contributed by atoms with E-state index in [9.17, 15) is 0 Å². The fourth-order valence-electron chi connectivity index (χ4n) is 0.979. The number of benzene rings is 1. The lowest BCUT2D eigenvalue weighted by molar-refractivity contribution is 0.475. The number of aromatic hydroxyl groups is 1. The van der Waals surface area contributed by atoms with Gasteiger partial charge in [0.25, 0.3) is 0 Å². The van der Waals surface area contributed by atoms with Gasteiger partial charge in [-0.3, -0.25) is 0 Å². The van der Waals surface area contributed by atoms with E-state index in [4.69, 9.17) is 5.11 Å². The number of rotatable bonds is 2. The number of thioether (sulfide) groups is 1. The molecular weight excluding hydrogens is 200 g/mol. The van der Waals surface area contributed by atoms with Crippen molar-refractivity contribution in [3.63, 3.8) is 0 Å². The van der Waals surface area contributed by atoms with Gasteiger partial charge in [-0.2, -0.15) is 0 Å². The van der Waals surface area contributed by atoms with Crippen molar-refractivity contribution >= 4 is 11.8 Å². The Labute approximate surface area is 84.8 Å². The highest BCUT2D eigenvalue weighted by atomic mass is 32.2. The number of hydrogen-bond donors (Lipinski definition) is 1. The van der Waals surface area contributed by atoms with Crippen LogP contribution in [0.3, 0.4) is 0 Å². The zero-order valence-electron chi connectivity index (χ0n) is 7.45. The molecule has 0 bridgehead atoms. The molecule has 6 heteroatoms. The van der Waals surface area contributed by atoms with E-state index in [0.29, 0.717) is 5.16 Å². The van der Waals surface area contributed by atoms with Crippen LogP contribution in [0.4, 0.5) is 0 Å². The minimum Gasteiger partial charge on any atom is -0.508 e. The fourth-order valence-corrected chi connectivity index (χ4v) is 1.26. The van der Waals surface area contributed by atoms with E-state index in [1.54, 1.807) is 24.3 Å². The van der Waals surface area contributed by atoms with Crippen molar-refractivity contribution in [3.8, 4) is 11.4 Å². The highest BCUT2D eigenvalue weighted by molar-refractivity contribution is 7.98. The van der Waals surface area contributed by atoms with Crippen LogP contribution in [0.15, 0.2) is 29.4 Å². The van der Waals surface area contributed by atoms with Gasteiger partial charge in [-0.15, -0.1) is 15.0 Å². The van der Waals surface area contributed by atoms with Gasteiger partial charge in [-0.25, -0.2) is 0 Å². The lowest BCUT2D eigenvalue weighted by atomic mass is 10.3. The topological polar surface area (TPSA) is 63.8 Å². The predicted molar refractivity (Wildman–Crippen MR) is 52.6 cm³/mol. The largest absolute Gasteiger partial charge is 0.508 e. The number of tetrazole rings is 1. The van der Waals surface area contributed by atoms with Gasteiger partial charge in [0.15, 0.2) is 0 Å². The molecule has 0 radical (unpaired) electrons. The van der Waals surface area contributed by atoms with Crippen LogP contribution in [0.5, 0.6) is 5.75 Å². The number of hydrogen-bond acceptors (Lipinski definition) is 5. The van der Waals surface area contributed by atoms with Gasteiger partial charge in [-0.05, 0) is 35.7 Å². The third-order valence-electron chi connectivity index (χ3n) is 1.66. The molecule has 0 aliphatic heterocycles. The molecule has 0 aliphatic rings. The standard InChI is InChI=1S/C8H8N4OS/c1-14-8-9-11-12(10-8)6-2-4-7(13)5-3-6/h2-5,13H,1H3. The molecule has 1 heterocycles. The SMILES string of the molecule is CSc1nnn(-c2ccc(O)cc2)n1. The molecule has 0 atom stereocenters. The first-order valence-electron chi connectivity index (χ1n) is 3.93. The number of nitrogens with zero attached hydrogens (tertiary/aromatic N) is 4. The summed E-state index contributed by atoms with van der Waals surface area (Å²) in [7, 11) is 0. The minimum atomic E-state index is 0.221. The highest BCUT2D eigenvalue weighted by Gasteiger charge is 2.02. The molecule has 1 aromatic carbocycles. The molecule has 5 nitrogen and oxygen atoms in total. The lowest BCUT2D eigenvalue weighted by Crippen LogP contribution is -1.98. The second kappa shape index (κ2) is 3.67. The summed E-state index contributed by atoms with van der Waals surface area (Å²) in [6, 6.07) is 6.61. The maximum Gasteiger partial charge on any atom is 0.231 e. The third-order valence-corrected chi connectivity index (χ3v) is 2.19. The van der Waals surface area contributed by atoms with Crippen molar-refractivity contribution in [2.24, 2.45) is 0 Å². The summed E-state index contributed by atoms with van der Waals surface area (Å²) in [6.07, 6.45) is 1.89. The van der Waals surface area contributed by atoms with E-state index < -0.39 is 0 Å². The molecule has 2 aromatic rings. The molecule has 0 spiro atoms. The number of phenolic OH excluding ortho intramolecular Hbond substituents is 1. The van der Waals surface area contributed by atoms with Crippen molar-refractivity contribution in [3.05, 3.63) is 24.3 Å². The molecular formula is C8H8N4OS. The minimum absolute atomic E-state index is 0.221. The Morgan fingerprint density at radius 1 is 1.29 bits per heavy atom. The molecule has 0 unspecified atom stereocenters. The monoisotopic (exact) mass is 208 g/mol. The maximum atomic E-state index is 9.09. The molecule has 72 valence electrons. The van der Waals surface area contributed by atoms with Crippen molar-refractivity contribution < 1.29 is 5.11 Å². The van der Waals surface area contributed by atoms with E-state index in [0.717, 1.165) is 5.69 Å². The summed E-state index contributed by atoms with van der Waals surface area (Å²) in [5, 5.41) is 21.5. The van der Waals surface area contributed by atoms with Crippen LogP contribution in [0.25, 0.3) is 5.69 Å². The molecule has 2 rings (SSSR count). The Bertz CT molecular complexity index is 425. The van der Waals surface area contributed by atoms with Gasteiger partial charge in [0.2, 0.25) is 5.16 Å². The first kappa shape index (κ1) is 9.01. The molecule has 0 saturated carbocycles. The Hall–Kier alpha value is -1.56. The van der Waals surface area contributed by atoms with Crippen LogP contribution in [0, 0.1) is 0 Å². The van der Waals surface area contributed by atoms with Crippen LogP contribution in [0.1, 0.15) is 0 Å². The molecule has 0 amide bonds. The smallest absolute Gasteiger partial charge is 0.231 e. The number of aromatic nitrogens is 4. The molecule has 0 aliphatic carbocycles. The van der Waals surface area contributed by atoms with E-state index in [-0.39, 0.29) is 5.75 Å². The van der Waals surface area contributed by atoms with E-state index in [1.165, 1.54) is 16.6 Å². The summed E-state index contributed by atoms with van der Waals surface area (Å²) in [5.41, 5.74) is 0.774. The average molecular weight is 208 g/mol. The summed E-state index contributed by atoms with van der Waals surface area (Å²) < 4.78 is 0. The Morgan fingerprint density at radius 2 is 2.00 bits per heavy atom. The zero-order chi connectivity index (χ0) is 9.97. The lowest BCUT2D eigenvalue weighted by Gasteiger charge is -1.96. The van der Waals surface area contributed by atoms with Crippen LogP contribution in [0.2, 0.25) is 0 Å². The van der Waals surface area contributed by atoms with Gasteiger partial charge in [-0.1, -0.05) is 11.8 Å².